The molecule has 8 heteroatoms. The van der Waals surface area contributed by atoms with Crippen LogP contribution in [0.2, 0.25) is 0 Å². The molecule has 1 aliphatic rings. The van der Waals surface area contributed by atoms with Crippen LogP contribution in [0.25, 0.3) is 0 Å². The molecule has 1 aliphatic heterocycles. The highest BCUT2D eigenvalue weighted by molar-refractivity contribution is 6.07. The average molecular weight is 472 g/mol. The summed E-state index contributed by atoms with van der Waals surface area (Å²) in [6.07, 6.45) is 0.508. The minimum atomic E-state index is -0.849. The molecular formula is C27H29N5O3. The Hall–Kier alpha value is -4.33. The van der Waals surface area contributed by atoms with Gasteiger partial charge in [0.2, 0.25) is 0 Å². The molecule has 1 unspecified atom stereocenters. The van der Waals surface area contributed by atoms with Gasteiger partial charge in [0.1, 0.15) is 11.3 Å². The van der Waals surface area contributed by atoms with Crippen LogP contribution in [0.5, 0.6) is 5.75 Å². The number of urea groups is 1. The smallest absolute Gasteiger partial charge is 0.319 e. The van der Waals surface area contributed by atoms with E-state index in [1.165, 1.54) is 4.90 Å². The van der Waals surface area contributed by atoms with E-state index in [9.17, 15) is 9.59 Å². The number of carbonyl (C=O) groups excluding carboxylic acids is 2. The molecule has 35 heavy (non-hydrogen) atoms. The lowest BCUT2D eigenvalue weighted by Crippen LogP contribution is -2.45. The van der Waals surface area contributed by atoms with Crippen LogP contribution in [0.15, 0.2) is 78.9 Å². The quantitative estimate of drug-likeness (QED) is 0.400. The van der Waals surface area contributed by atoms with Crippen molar-refractivity contribution in [2.24, 2.45) is 0 Å². The Morgan fingerprint density at radius 1 is 1.00 bits per heavy atom. The van der Waals surface area contributed by atoms with Gasteiger partial charge in [-0.2, -0.15) is 0 Å². The standard InChI is InChI=1S/C27H29N5O3/c1-27(16-19-7-4-3-5-8-19)24(33)32(25(28)31-27)18-21-13-11-20(12-14-21)17-29-26(34)30-22-9-6-10-23(15-22)35-2/h3-15H,16-18H2,1-2H3,(H2,28,31)(H2,29,30,34). The van der Waals surface area contributed by atoms with Crippen molar-refractivity contribution < 1.29 is 14.3 Å². The zero-order valence-electron chi connectivity index (χ0n) is 19.8. The third-order valence-electron chi connectivity index (χ3n) is 5.93. The molecule has 0 aromatic heterocycles. The molecule has 4 N–H and O–H groups in total. The summed E-state index contributed by atoms with van der Waals surface area (Å²) < 4.78 is 5.16. The summed E-state index contributed by atoms with van der Waals surface area (Å²) >= 11 is 0. The molecule has 1 saturated heterocycles. The number of hydrogen-bond acceptors (Lipinski definition) is 4. The largest absolute Gasteiger partial charge is 0.497 e. The maximum atomic E-state index is 13.1. The van der Waals surface area contributed by atoms with Gasteiger partial charge in [-0.25, -0.2) is 4.79 Å². The van der Waals surface area contributed by atoms with E-state index in [1.807, 2.05) is 67.6 Å². The second-order valence-electron chi connectivity index (χ2n) is 8.72. The van der Waals surface area contributed by atoms with Gasteiger partial charge in [-0.3, -0.25) is 15.1 Å². The Kier molecular flexibility index (Phi) is 7.01. The Balaban J connectivity index is 1.31. The van der Waals surface area contributed by atoms with Gasteiger partial charge >= 0.3 is 6.03 Å². The lowest BCUT2D eigenvalue weighted by Gasteiger charge is -2.22. The number of ether oxygens (including phenoxy) is 1. The van der Waals surface area contributed by atoms with Crippen LogP contribution < -0.4 is 20.7 Å². The van der Waals surface area contributed by atoms with Gasteiger partial charge < -0.3 is 20.7 Å². The van der Waals surface area contributed by atoms with Gasteiger partial charge in [-0.15, -0.1) is 0 Å². The van der Waals surface area contributed by atoms with Crippen molar-refractivity contribution >= 4 is 23.6 Å². The first-order valence-corrected chi connectivity index (χ1v) is 11.4. The number of rotatable bonds is 8. The summed E-state index contributed by atoms with van der Waals surface area (Å²) in [6, 6.07) is 24.2. The molecule has 3 aromatic rings. The van der Waals surface area contributed by atoms with E-state index in [0.717, 1.165) is 16.7 Å². The van der Waals surface area contributed by atoms with E-state index < -0.39 is 5.54 Å². The van der Waals surface area contributed by atoms with Gasteiger partial charge in [-0.1, -0.05) is 60.7 Å². The normalized spacial score (nSPS) is 17.1. The molecule has 0 bridgehead atoms. The molecule has 8 nitrogen and oxygen atoms in total. The summed E-state index contributed by atoms with van der Waals surface area (Å²) in [7, 11) is 1.57. The summed E-state index contributed by atoms with van der Waals surface area (Å²) in [6.45, 7) is 2.49. The molecule has 1 heterocycles. The van der Waals surface area contributed by atoms with Crippen LogP contribution in [-0.4, -0.2) is 35.4 Å². The first kappa shape index (κ1) is 23.8. The van der Waals surface area contributed by atoms with Crippen molar-refractivity contribution in [3.05, 3.63) is 95.6 Å². The maximum absolute atomic E-state index is 13.1. The number of guanidine groups is 1. The molecule has 0 radical (unpaired) electrons. The lowest BCUT2D eigenvalue weighted by atomic mass is 9.93. The number of amides is 3. The van der Waals surface area contributed by atoms with E-state index in [1.54, 1.807) is 25.3 Å². The molecule has 180 valence electrons. The van der Waals surface area contributed by atoms with Crippen molar-refractivity contribution in [1.29, 1.82) is 5.41 Å². The first-order valence-electron chi connectivity index (χ1n) is 11.4. The third kappa shape index (κ3) is 5.78. The maximum Gasteiger partial charge on any atom is 0.319 e. The van der Waals surface area contributed by atoms with Crippen LogP contribution >= 0.6 is 0 Å². The Bertz CT molecular complexity index is 1210. The zero-order chi connectivity index (χ0) is 24.8. The highest BCUT2D eigenvalue weighted by atomic mass is 16.5. The number of hydrogen-bond donors (Lipinski definition) is 4. The van der Waals surface area contributed by atoms with Crippen LogP contribution in [0.3, 0.4) is 0 Å². The Morgan fingerprint density at radius 2 is 1.71 bits per heavy atom. The molecule has 1 fully saturated rings. The second kappa shape index (κ2) is 10.3. The third-order valence-corrected chi connectivity index (χ3v) is 5.93. The number of nitrogens with one attached hydrogen (secondary N) is 4. The van der Waals surface area contributed by atoms with Crippen LogP contribution in [0.1, 0.15) is 23.6 Å². The fraction of sp³-hybridized carbons (Fsp3) is 0.222. The van der Waals surface area contributed by atoms with E-state index >= 15 is 0 Å². The van der Waals surface area contributed by atoms with E-state index in [0.29, 0.717) is 30.9 Å². The minimum absolute atomic E-state index is 0.105. The topological polar surface area (TPSA) is 107 Å². The zero-order valence-corrected chi connectivity index (χ0v) is 19.8. The molecule has 3 amide bonds. The summed E-state index contributed by atoms with van der Waals surface area (Å²) in [4.78, 5) is 26.8. The van der Waals surface area contributed by atoms with Crippen molar-refractivity contribution in [1.82, 2.24) is 15.5 Å². The predicted molar refractivity (Wildman–Crippen MR) is 135 cm³/mol. The predicted octanol–water partition coefficient (Wildman–Crippen LogP) is 3.88. The molecule has 3 aromatic carbocycles. The first-order chi connectivity index (χ1) is 16.9. The van der Waals surface area contributed by atoms with Crippen LogP contribution in [0, 0.1) is 5.41 Å². The summed E-state index contributed by atoms with van der Waals surface area (Å²) in [5, 5.41) is 17.0. The monoisotopic (exact) mass is 471 g/mol. The number of nitrogens with zero attached hydrogens (tertiary/aromatic N) is 1. The minimum Gasteiger partial charge on any atom is -0.497 e. The van der Waals surface area contributed by atoms with Gasteiger partial charge in [0.15, 0.2) is 5.96 Å². The fourth-order valence-corrected chi connectivity index (χ4v) is 4.06. The lowest BCUT2D eigenvalue weighted by molar-refractivity contribution is -0.130. The number of anilines is 1. The van der Waals surface area contributed by atoms with Crippen molar-refractivity contribution in [2.75, 3.05) is 12.4 Å². The Morgan fingerprint density at radius 3 is 2.43 bits per heavy atom. The van der Waals surface area contributed by atoms with Gasteiger partial charge in [-0.05, 0) is 35.7 Å². The molecule has 0 spiro atoms. The Labute approximate surface area is 204 Å². The average Bonchev–Trinajstić information content (AvgIpc) is 3.07. The van der Waals surface area contributed by atoms with Gasteiger partial charge in [0.25, 0.3) is 5.91 Å². The van der Waals surface area contributed by atoms with Crippen molar-refractivity contribution in [2.45, 2.75) is 32.0 Å². The van der Waals surface area contributed by atoms with Crippen LogP contribution in [0.4, 0.5) is 10.5 Å². The van der Waals surface area contributed by atoms with E-state index in [4.69, 9.17) is 10.1 Å². The molecular weight excluding hydrogens is 442 g/mol. The molecule has 0 aliphatic carbocycles. The second-order valence-corrected chi connectivity index (χ2v) is 8.72. The van der Waals surface area contributed by atoms with E-state index in [2.05, 4.69) is 16.0 Å². The number of carbonyl (C=O) groups is 2. The molecule has 4 rings (SSSR count). The number of methoxy groups -OCH3 is 1. The van der Waals surface area contributed by atoms with Crippen molar-refractivity contribution in [3.8, 4) is 5.75 Å². The fourth-order valence-electron chi connectivity index (χ4n) is 4.06. The van der Waals surface area contributed by atoms with Gasteiger partial charge in [0, 0.05) is 24.7 Å². The number of benzene rings is 3. The van der Waals surface area contributed by atoms with Crippen molar-refractivity contribution in [3.63, 3.8) is 0 Å². The summed E-state index contributed by atoms with van der Waals surface area (Å²) in [5.41, 5.74) is 2.65. The SMILES string of the molecule is COc1cccc(NC(=O)NCc2ccc(CN3C(=N)NC(C)(Cc4ccccc4)C3=O)cc2)c1. The molecule has 1 atom stereocenters. The summed E-state index contributed by atoms with van der Waals surface area (Å²) in [5.74, 6) is 0.651. The van der Waals surface area contributed by atoms with Crippen LogP contribution in [-0.2, 0) is 24.3 Å². The molecule has 0 saturated carbocycles. The van der Waals surface area contributed by atoms with E-state index in [-0.39, 0.29) is 17.9 Å². The van der Waals surface area contributed by atoms with Gasteiger partial charge in [0.05, 0.1) is 13.7 Å². The highest BCUT2D eigenvalue weighted by Crippen LogP contribution is 2.24. The highest BCUT2D eigenvalue weighted by Gasteiger charge is 2.45.